The molecule has 21 heavy (non-hydrogen) atoms. The third-order valence-electron chi connectivity index (χ3n) is 4.62. The van der Waals surface area contributed by atoms with Crippen LogP contribution in [0.3, 0.4) is 0 Å². The fraction of sp³-hybridized carbons (Fsp3) is 0.444. The highest BCUT2D eigenvalue weighted by atomic mass is 32.1. The average molecular weight is 300 g/mol. The number of likely N-dealkylation sites (N-methyl/N-ethyl adjacent to an activating group) is 1. The van der Waals surface area contributed by atoms with Gasteiger partial charge in [-0.2, -0.15) is 0 Å². The SMILES string of the molecule is CC(c1cccs1)N(C)C(CN)c1cccc(C2CC2)c1. The lowest BCUT2D eigenvalue weighted by Gasteiger charge is -2.32. The third kappa shape index (κ3) is 3.20. The number of benzene rings is 1. The van der Waals surface area contributed by atoms with Gasteiger partial charge in [0.25, 0.3) is 0 Å². The maximum Gasteiger partial charge on any atom is 0.0473 e. The molecule has 2 N–H and O–H groups in total. The molecular formula is C18H24N2S. The van der Waals surface area contributed by atoms with Crippen molar-refractivity contribution in [1.29, 1.82) is 0 Å². The van der Waals surface area contributed by atoms with Crippen LogP contribution in [0.15, 0.2) is 41.8 Å². The molecule has 2 unspecified atom stereocenters. The van der Waals surface area contributed by atoms with E-state index in [1.165, 1.54) is 28.8 Å². The summed E-state index contributed by atoms with van der Waals surface area (Å²) in [4.78, 5) is 3.80. The summed E-state index contributed by atoms with van der Waals surface area (Å²) < 4.78 is 0. The summed E-state index contributed by atoms with van der Waals surface area (Å²) in [5.74, 6) is 0.795. The first-order valence-electron chi connectivity index (χ1n) is 7.76. The Kier molecular flexibility index (Phi) is 4.43. The molecule has 0 spiro atoms. The van der Waals surface area contributed by atoms with Crippen LogP contribution in [-0.2, 0) is 0 Å². The second kappa shape index (κ2) is 6.30. The lowest BCUT2D eigenvalue weighted by molar-refractivity contribution is 0.193. The number of hydrogen-bond acceptors (Lipinski definition) is 3. The minimum Gasteiger partial charge on any atom is -0.329 e. The maximum absolute atomic E-state index is 6.10. The van der Waals surface area contributed by atoms with Crippen LogP contribution in [0.25, 0.3) is 0 Å². The van der Waals surface area contributed by atoms with Crippen LogP contribution in [0.2, 0.25) is 0 Å². The van der Waals surface area contributed by atoms with Crippen LogP contribution in [0.5, 0.6) is 0 Å². The van der Waals surface area contributed by atoms with Gasteiger partial charge in [-0.1, -0.05) is 30.3 Å². The molecule has 3 heteroatoms. The Morgan fingerprint density at radius 1 is 1.29 bits per heavy atom. The summed E-state index contributed by atoms with van der Waals surface area (Å²) >= 11 is 1.82. The van der Waals surface area contributed by atoms with Crippen LogP contribution < -0.4 is 5.73 Å². The molecule has 0 saturated heterocycles. The fourth-order valence-corrected chi connectivity index (χ4v) is 3.81. The van der Waals surface area contributed by atoms with Gasteiger partial charge < -0.3 is 5.73 Å². The number of hydrogen-bond donors (Lipinski definition) is 1. The van der Waals surface area contributed by atoms with E-state index in [1.54, 1.807) is 0 Å². The molecule has 0 radical (unpaired) electrons. The van der Waals surface area contributed by atoms with Crippen LogP contribution in [0, 0.1) is 0 Å². The Hall–Kier alpha value is -1.16. The molecule has 1 aromatic carbocycles. The largest absolute Gasteiger partial charge is 0.329 e. The van der Waals surface area contributed by atoms with Crippen LogP contribution >= 0.6 is 11.3 Å². The van der Waals surface area contributed by atoms with Gasteiger partial charge in [0.15, 0.2) is 0 Å². The molecule has 112 valence electrons. The Labute approximate surface area is 131 Å². The van der Waals surface area contributed by atoms with Gasteiger partial charge >= 0.3 is 0 Å². The summed E-state index contributed by atoms with van der Waals surface area (Å²) in [6.45, 7) is 2.92. The normalized spacial score (nSPS) is 17.9. The highest BCUT2D eigenvalue weighted by molar-refractivity contribution is 7.10. The van der Waals surface area contributed by atoms with Crippen molar-refractivity contribution < 1.29 is 0 Å². The van der Waals surface area contributed by atoms with E-state index in [9.17, 15) is 0 Å². The van der Waals surface area contributed by atoms with Gasteiger partial charge in [0.05, 0.1) is 0 Å². The van der Waals surface area contributed by atoms with Gasteiger partial charge in [0.2, 0.25) is 0 Å². The van der Waals surface area contributed by atoms with Gasteiger partial charge in [0.1, 0.15) is 0 Å². The van der Waals surface area contributed by atoms with E-state index in [2.05, 4.69) is 60.6 Å². The summed E-state index contributed by atoms with van der Waals surface area (Å²) in [5.41, 5.74) is 8.94. The van der Waals surface area contributed by atoms with Crippen molar-refractivity contribution >= 4 is 11.3 Å². The van der Waals surface area contributed by atoms with Crippen molar-refractivity contribution in [3.05, 3.63) is 57.8 Å². The summed E-state index contributed by atoms with van der Waals surface area (Å²) in [7, 11) is 2.19. The quantitative estimate of drug-likeness (QED) is 0.861. The summed E-state index contributed by atoms with van der Waals surface area (Å²) in [5, 5.41) is 2.14. The molecule has 3 rings (SSSR count). The van der Waals surface area contributed by atoms with Crippen molar-refractivity contribution in [1.82, 2.24) is 4.90 Å². The lowest BCUT2D eigenvalue weighted by atomic mass is 9.99. The Morgan fingerprint density at radius 3 is 2.71 bits per heavy atom. The highest BCUT2D eigenvalue weighted by Gasteiger charge is 2.26. The zero-order valence-electron chi connectivity index (χ0n) is 12.8. The predicted molar refractivity (Wildman–Crippen MR) is 90.7 cm³/mol. The summed E-state index contributed by atoms with van der Waals surface area (Å²) in [6, 6.07) is 14.0. The molecule has 1 saturated carbocycles. The lowest BCUT2D eigenvalue weighted by Crippen LogP contribution is -2.32. The van der Waals surface area contributed by atoms with E-state index in [0.717, 1.165) is 5.92 Å². The second-order valence-corrected chi connectivity index (χ2v) is 7.03. The minimum atomic E-state index is 0.279. The van der Waals surface area contributed by atoms with Crippen LogP contribution in [0.1, 0.15) is 53.8 Å². The van der Waals surface area contributed by atoms with E-state index in [4.69, 9.17) is 5.73 Å². The molecule has 2 atom stereocenters. The van der Waals surface area contributed by atoms with E-state index < -0.39 is 0 Å². The molecule has 2 nitrogen and oxygen atoms in total. The number of nitrogens with two attached hydrogens (primary N) is 1. The van der Waals surface area contributed by atoms with Crippen molar-refractivity contribution in [2.24, 2.45) is 5.73 Å². The predicted octanol–water partition coefficient (Wildman–Crippen LogP) is 4.32. The molecule has 0 aliphatic heterocycles. The first-order chi connectivity index (χ1) is 10.2. The van der Waals surface area contributed by atoms with E-state index in [1.807, 2.05) is 11.3 Å². The highest BCUT2D eigenvalue weighted by Crippen LogP contribution is 2.41. The van der Waals surface area contributed by atoms with Crippen molar-refractivity contribution in [2.75, 3.05) is 13.6 Å². The average Bonchev–Trinajstić information content (AvgIpc) is 3.22. The van der Waals surface area contributed by atoms with Crippen LogP contribution in [-0.4, -0.2) is 18.5 Å². The molecule has 1 heterocycles. The molecule has 0 amide bonds. The van der Waals surface area contributed by atoms with Crippen molar-refractivity contribution in [2.45, 2.75) is 37.8 Å². The molecule has 0 bridgehead atoms. The molecule has 1 aromatic heterocycles. The second-order valence-electron chi connectivity index (χ2n) is 6.05. The maximum atomic E-state index is 6.10. The van der Waals surface area contributed by atoms with Gasteiger partial charge in [-0.3, -0.25) is 4.90 Å². The monoisotopic (exact) mass is 300 g/mol. The molecule has 1 aliphatic carbocycles. The smallest absolute Gasteiger partial charge is 0.0473 e. The minimum absolute atomic E-state index is 0.279. The van der Waals surface area contributed by atoms with E-state index >= 15 is 0 Å². The Bertz CT molecular complexity index is 575. The topological polar surface area (TPSA) is 29.3 Å². The van der Waals surface area contributed by atoms with Crippen LogP contribution in [0.4, 0.5) is 0 Å². The van der Waals surface area contributed by atoms with Gasteiger partial charge in [-0.05, 0) is 55.3 Å². The van der Waals surface area contributed by atoms with Gasteiger partial charge in [-0.15, -0.1) is 11.3 Å². The molecular weight excluding hydrogens is 276 g/mol. The van der Waals surface area contributed by atoms with E-state index in [-0.39, 0.29) is 6.04 Å². The standard InChI is InChI=1S/C18H24N2S/c1-13(18-7-4-10-21-18)20(2)17(12-19)16-6-3-5-15(11-16)14-8-9-14/h3-7,10-11,13-14,17H,8-9,12,19H2,1-2H3. The molecule has 1 aliphatic rings. The number of thiophene rings is 1. The van der Waals surface area contributed by atoms with Gasteiger partial charge in [0, 0.05) is 23.5 Å². The number of nitrogens with zero attached hydrogens (tertiary/aromatic N) is 1. The number of rotatable bonds is 6. The van der Waals surface area contributed by atoms with Gasteiger partial charge in [-0.25, -0.2) is 0 Å². The van der Waals surface area contributed by atoms with E-state index in [0.29, 0.717) is 12.6 Å². The Morgan fingerprint density at radius 2 is 2.10 bits per heavy atom. The molecule has 2 aromatic rings. The molecule has 1 fully saturated rings. The zero-order valence-corrected chi connectivity index (χ0v) is 13.6. The van der Waals surface area contributed by atoms with Crippen molar-refractivity contribution in [3.8, 4) is 0 Å². The van der Waals surface area contributed by atoms with Crippen molar-refractivity contribution in [3.63, 3.8) is 0 Å². The first-order valence-corrected chi connectivity index (χ1v) is 8.64. The fourth-order valence-electron chi connectivity index (χ4n) is 2.97. The first kappa shape index (κ1) is 14.8. The Balaban J connectivity index is 1.81. The third-order valence-corrected chi connectivity index (χ3v) is 5.67. The summed E-state index contributed by atoms with van der Waals surface area (Å²) in [6.07, 6.45) is 2.69. The zero-order chi connectivity index (χ0) is 14.8.